The lowest BCUT2D eigenvalue weighted by Crippen LogP contribution is -2.07. The van der Waals surface area contributed by atoms with Crippen LogP contribution in [-0.4, -0.2) is 16.5 Å². The number of hydrogen-bond donors (Lipinski definition) is 1. The van der Waals surface area contributed by atoms with E-state index in [2.05, 4.69) is 37.9 Å². The molecule has 0 saturated heterocycles. The number of aromatic nitrogens is 2. The minimum Gasteiger partial charge on any atom is -0.369 e. The third kappa shape index (κ3) is 3.62. The fraction of sp³-hybridized carbons (Fsp3) is 0.167. The molecule has 0 spiro atoms. The molecule has 0 saturated carbocycles. The third-order valence-corrected chi connectivity index (χ3v) is 3.05. The molecule has 2 rings (SSSR count). The number of nitrogens with one attached hydrogen (secondary N) is 1. The zero-order valence-electron chi connectivity index (χ0n) is 9.03. The molecule has 3 nitrogen and oxygen atoms in total. The number of nitrogens with zero attached hydrogens (tertiary/aromatic N) is 2. The minimum atomic E-state index is -0.195. The standard InChI is InChI=1S/C12H11FIN3/c13-10-3-1-2-9(6-10)4-5-16-12-11(14)7-15-8-17-12/h1-3,6-8H,4-5H2,(H,15,16,17). The monoisotopic (exact) mass is 343 g/mol. The summed E-state index contributed by atoms with van der Waals surface area (Å²) in [6.07, 6.45) is 4.02. The molecule has 1 aromatic carbocycles. The average molecular weight is 343 g/mol. The largest absolute Gasteiger partial charge is 0.369 e. The topological polar surface area (TPSA) is 37.8 Å². The molecule has 0 unspecified atom stereocenters. The van der Waals surface area contributed by atoms with Crippen molar-refractivity contribution in [3.8, 4) is 0 Å². The Hall–Kier alpha value is -1.24. The summed E-state index contributed by atoms with van der Waals surface area (Å²) in [5, 5.41) is 3.20. The molecule has 0 aliphatic carbocycles. The van der Waals surface area contributed by atoms with Gasteiger partial charge >= 0.3 is 0 Å². The van der Waals surface area contributed by atoms with Crippen LogP contribution < -0.4 is 5.32 Å². The van der Waals surface area contributed by atoms with Gasteiger partial charge in [0.25, 0.3) is 0 Å². The second-order valence-corrected chi connectivity index (χ2v) is 4.69. The van der Waals surface area contributed by atoms with Gasteiger partial charge < -0.3 is 5.32 Å². The summed E-state index contributed by atoms with van der Waals surface area (Å²) < 4.78 is 13.9. The summed E-state index contributed by atoms with van der Waals surface area (Å²) in [5.41, 5.74) is 0.974. The zero-order chi connectivity index (χ0) is 12.1. The smallest absolute Gasteiger partial charge is 0.142 e. The molecule has 0 fully saturated rings. The Morgan fingerprint density at radius 1 is 1.35 bits per heavy atom. The number of rotatable bonds is 4. The predicted octanol–water partition coefficient (Wildman–Crippen LogP) is 2.87. The van der Waals surface area contributed by atoms with Crippen molar-refractivity contribution in [1.82, 2.24) is 9.97 Å². The molecular weight excluding hydrogens is 332 g/mol. The van der Waals surface area contributed by atoms with Crippen molar-refractivity contribution in [2.24, 2.45) is 0 Å². The van der Waals surface area contributed by atoms with Crippen molar-refractivity contribution in [3.05, 3.63) is 51.7 Å². The molecule has 17 heavy (non-hydrogen) atoms. The van der Waals surface area contributed by atoms with Gasteiger partial charge in [0, 0.05) is 12.7 Å². The summed E-state index contributed by atoms with van der Waals surface area (Å²) in [7, 11) is 0. The molecule has 1 N–H and O–H groups in total. The van der Waals surface area contributed by atoms with E-state index in [4.69, 9.17) is 0 Å². The van der Waals surface area contributed by atoms with Crippen LogP contribution >= 0.6 is 22.6 Å². The Labute approximate surface area is 113 Å². The first-order valence-electron chi connectivity index (χ1n) is 5.19. The second kappa shape index (κ2) is 5.90. The molecule has 0 aliphatic heterocycles. The van der Waals surface area contributed by atoms with Crippen LogP contribution in [0.5, 0.6) is 0 Å². The summed E-state index contributed by atoms with van der Waals surface area (Å²) in [4.78, 5) is 8.04. The Morgan fingerprint density at radius 2 is 2.24 bits per heavy atom. The van der Waals surface area contributed by atoms with Crippen LogP contribution in [0.2, 0.25) is 0 Å². The maximum absolute atomic E-state index is 12.9. The van der Waals surface area contributed by atoms with Gasteiger partial charge in [-0.15, -0.1) is 0 Å². The first kappa shape index (κ1) is 12.2. The summed E-state index contributed by atoms with van der Waals surface area (Å²) in [5.74, 6) is 0.621. The van der Waals surface area contributed by atoms with Gasteiger partial charge in [0.1, 0.15) is 18.0 Å². The molecule has 88 valence electrons. The third-order valence-electron chi connectivity index (χ3n) is 2.26. The lowest BCUT2D eigenvalue weighted by Gasteiger charge is -2.06. The molecule has 0 amide bonds. The first-order chi connectivity index (χ1) is 8.25. The molecular formula is C12H11FIN3. The lowest BCUT2D eigenvalue weighted by molar-refractivity contribution is 0.625. The van der Waals surface area contributed by atoms with Crippen LogP contribution in [-0.2, 0) is 6.42 Å². The van der Waals surface area contributed by atoms with E-state index in [1.807, 2.05) is 6.07 Å². The van der Waals surface area contributed by atoms with E-state index in [0.717, 1.165) is 27.9 Å². The summed E-state index contributed by atoms with van der Waals surface area (Å²) in [6, 6.07) is 6.63. The maximum Gasteiger partial charge on any atom is 0.142 e. The number of benzene rings is 1. The molecule has 0 bridgehead atoms. The number of hydrogen-bond acceptors (Lipinski definition) is 3. The fourth-order valence-corrected chi connectivity index (χ4v) is 1.95. The van der Waals surface area contributed by atoms with Crippen molar-refractivity contribution in [2.75, 3.05) is 11.9 Å². The summed E-state index contributed by atoms with van der Waals surface area (Å²) in [6.45, 7) is 0.719. The van der Waals surface area contributed by atoms with Crippen LogP contribution in [0.4, 0.5) is 10.2 Å². The molecule has 0 atom stereocenters. The molecule has 0 aliphatic rings. The lowest BCUT2D eigenvalue weighted by atomic mass is 10.1. The molecule has 1 aromatic heterocycles. The summed E-state index contributed by atoms with van der Waals surface area (Å²) >= 11 is 2.17. The van der Waals surface area contributed by atoms with E-state index < -0.39 is 0 Å². The van der Waals surface area contributed by atoms with Crippen LogP contribution in [0, 0.1) is 9.39 Å². The molecule has 0 radical (unpaired) electrons. The van der Waals surface area contributed by atoms with Crippen molar-refractivity contribution in [3.63, 3.8) is 0 Å². The Bertz CT molecular complexity index is 505. The van der Waals surface area contributed by atoms with Crippen molar-refractivity contribution < 1.29 is 4.39 Å². The van der Waals surface area contributed by atoms with Gasteiger partial charge in [0.05, 0.1) is 3.57 Å². The minimum absolute atomic E-state index is 0.195. The van der Waals surface area contributed by atoms with Crippen LogP contribution in [0.15, 0.2) is 36.8 Å². The van der Waals surface area contributed by atoms with E-state index >= 15 is 0 Å². The van der Waals surface area contributed by atoms with E-state index in [1.165, 1.54) is 12.4 Å². The van der Waals surface area contributed by atoms with Gasteiger partial charge in [-0.2, -0.15) is 0 Å². The van der Waals surface area contributed by atoms with Crippen molar-refractivity contribution in [1.29, 1.82) is 0 Å². The Kier molecular flexibility index (Phi) is 4.24. The van der Waals surface area contributed by atoms with Crippen LogP contribution in [0.1, 0.15) is 5.56 Å². The van der Waals surface area contributed by atoms with E-state index in [0.29, 0.717) is 0 Å². The SMILES string of the molecule is Fc1cccc(CCNc2ncncc2I)c1. The number of anilines is 1. The van der Waals surface area contributed by atoms with Crippen LogP contribution in [0.3, 0.4) is 0 Å². The average Bonchev–Trinajstić information content (AvgIpc) is 2.32. The zero-order valence-corrected chi connectivity index (χ0v) is 11.2. The highest BCUT2D eigenvalue weighted by atomic mass is 127. The molecule has 5 heteroatoms. The molecule has 2 aromatic rings. The van der Waals surface area contributed by atoms with Crippen LogP contribution in [0.25, 0.3) is 0 Å². The van der Waals surface area contributed by atoms with Gasteiger partial charge in [0.15, 0.2) is 0 Å². The van der Waals surface area contributed by atoms with E-state index in [-0.39, 0.29) is 5.82 Å². The van der Waals surface area contributed by atoms with Gasteiger partial charge in [0.2, 0.25) is 0 Å². The second-order valence-electron chi connectivity index (χ2n) is 3.53. The van der Waals surface area contributed by atoms with E-state index in [1.54, 1.807) is 18.3 Å². The normalized spacial score (nSPS) is 10.2. The van der Waals surface area contributed by atoms with Gasteiger partial charge in [-0.3, -0.25) is 0 Å². The van der Waals surface area contributed by atoms with E-state index in [9.17, 15) is 4.39 Å². The van der Waals surface area contributed by atoms with Gasteiger partial charge in [-0.1, -0.05) is 12.1 Å². The van der Waals surface area contributed by atoms with Crippen molar-refractivity contribution >= 4 is 28.4 Å². The van der Waals surface area contributed by atoms with Gasteiger partial charge in [-0.05, 0) is 46.7 Å². The highest BCUT2D eigenvalue weighted by Gasteiger charge is 2.00. The van der Waals surface area contributed by atoms with Crippen molar-refractivity contribution in [2.45, 2.75) is 6.42 Å². The predicted molar refractivity (Wildman–Crippen MR) is 73.3 cm³/mol. The highest BCUT2D eigenvalue weighted by Crippen LogP contribution is 2.12. The Balaban J connectivity index is 1.90. The van der Waals surface area contributed by atoms with Gasteiger partial charge in [-0.25, -0.2) is 14.4 Å². The maximum atomic E-state index is 12.9. The Morgan fingerprint density at radius 3 is 3.00 bits per heavy atom. The fourth-order valence-electron chi connectivity index (χ4n) is 1.46. The molecule has 1 heterocycles. The highest BCUT2D eigenvalue weighted by molar-refractivity contribution is 14.1. The first-order valence-corrected chi connectivity index (χ1v) is 6.27. The quantitative estimate of drug-likeness (QED) is 0.868. The number of halogens is 2.